The molecule has 1 heterocycles. The van der Waals surface area contributed by atoms with Gasteiger partial charge in [-0.1, -0.05) is 13.8 Å². The highest BCUT2D eigenvalue weighted by atomic mass is 16.2. The van der Waals surface area contributed by atoms with Gasteiger partial charge in [-0.05, 0) is 31.1 Å². The third kappa shape index (κ3) is 4.39. The van der Waals surface area contributed by atoms with Gasteiger partial charge in [-0.3, -0.25) is 9.79 Å². The Morgan fingerprint density at radius 1 is 1.40 bits per heavy atom. The molecule has 2 N–H and O–H groups in total. The zero-order valence-electron chi connectivity index (χ0n) is 13.0. The van der Waals surface area contributed by atoms with E-state index in [1.54, 1.807) is 7.05 Å². The van der Waals surface area contributed by atoms with Crippen molar-refractivity contribution in [1.82, 2.24) is 15.5 Å². The summed E-state index contributed by atoms with van der Waals surface area (Å²) in [5.74, 6) is 2.47. The molecule has 5 nitrogen and oxygen atoms in total. The van der Waals surface area contributed by atoms with Crippen LogP contribution in [0.15, 0.2) is 4.99 Å². The zero-order chi connectivity index (χ0) is 14.5. The minimum Gasteiger partial charge on any atom is -0.356 e. The first kappa shape index (κ1) is 15.1. The first-order valence-corrected chi connectivity index (χ1v) is 7.85. The molecular formula is C15H28N4O. The molecule has 0 aromatic heterocycles. The lowest BCUT2D eigenvalue weighted by atomic mass is 10.00. The molecule has 2 aliphatic rings. The van der Waals surface area contributed by atoms with Crippen LogP contribution < -0.4 is 10.6 Å². The predicted molar refractivity (Wildman–Crippen MR) is 81.7 cm³/mol. The van der Waals surface area contributed by atoms with Crippen LogP contribution in [0.1, 0.15) is 39.5 Å². The second kappa shape index (κ2) is 6.95. The number of carbonyl (C=O) groups excluding carboxylic acids is 1. The summed E-state index contributed by atoms with van der Waals surface area (Å²) >= 11 is 0. The number of likely N-dealkylation sites (tertiary alicyclic amines) is 1. The molecule has 0 aromatic rings. The van der Waals surface area contributed by atoms with Crippen molar-refractivity contribution in [3.8, 4) is 0 Å². The summed E-state index contributed by atoms with van der Waals surface area (Å²) in [4.78, 5) is 18.3. The lowest BCUT2D eigenvalue weighted by Gasteiger charge is -2.31. The van der Waals surface area contributed by atoms with Crippen LogP contribution in [-0.2, 0) is 4.79 Å². The van der Waals surface area contributed by atoms with Crippen molar-refractivity contribution in [3.05, 3.63) is 0 Å². The van der Waals surface area contributed by atoms with E-state index >= 15 is 0 Å². The summed E-state index contributed by atoms with van der Waals surface area (Å²) in [6.07, 6.45) is 4.15. The smallest absolute Gasteiger partial charge is 0.224 e. The molecule has 3 unspecified atom stereocenters. The van der Waals surface area contributed by atoms with Crippen LogP contribution in [0, 0.1) is 11.8 Å². The van der Waals surface area contributed by atoms with E-state index in [1.807, 2.05) is 4.90 Å². The molecule has 0 aromatic carbocycles. The van der Waals surface area contributed by atoms with Crippen LogP contribution in [-0.4, -0.2) is 49.5 Å². The zero-order valence-corrected chi connectivity index (χ0v) is 13.0. The molecule has 1 saturated carbocycles. The second-order valence-corrected chi connectivity index (χ2v) is 6.30. The maximum absolute atomic E-state index is 12.1. The van der Waals surface area contributed by atoms with Gasteiger partial charge in [0.2, 0.25) is 5.91 Å². The van der Waals surface area contributed by atoms with Crippen LogP contribution in [0.4, 0.5) is 0 Å². The van der Waals surface area contributed by atoms with E-state index in [-0.39, 0.29) is 5.91 Å². The van der Waals surface area contributed by atoms with Gasteiger partial charge < -0.3 is 15.5 Å². The van der Waals surface area contributed by atoms with Gasteiger partial charge in [0.1, 0.15) is 0 Å². The Morgan fingerprint density at radius 2 is 2.15 bits per heavy atom. The van der Waals surface area contributed by atoms with Crippen LogP contribution in [0.2, 0.25) is 0 Å². The monoisotopic (exact) mass is 280 g/mol. The third-order valence-corrected chi connectivity index (χ3v) is 4.30. The number of rotatable bonds is 4. The van der Waals surface area contributed by atoms with Crippen molar-refractivity contribution < 1.29 is 4.79 Å². The Kier molecular flexibility index (Phi) is 5.26. The minimum atomic E-state index is 0.263. The van der Waals surface area contributed by atoms with Crippen molar-refractivity contribution in [2.24, 2.45) is 16.8 Å². The van der Waals surface area contributed by atoms with Gasteiger partial charge in [0, 0.05) is 39.1 Å². The molecule has 114 valence electrons. The number of hydrogen-bond donors (Lipinski definition) is 2. The Balaban J connectivity index is 1.65. The summed E-state index contributed by atoms with van der Waals surface area (Å²) in [5, 5.41) is 6.60. The first-order chi connectivity index (χ1) is 9.60. The minimum absolute atomic E-state index is 0.263. The van der Waals surface area contributed by atoms with Gasteiger partial charge in [-0.15, -0.1) is 0 Å². The fraction of sp³-hybridized carbons (Fsp3) is 0.867. The molecule has 0 bridgehead atoms. The van der Waals surface area contributed by atoms with Crippen LogP contribution in [0.25, 0.3) is 0 Å². The highest BCUT2D eigenvalue weighted by molar-refractivity contribution is 5.81. The molecule has 0 radical (unpaired) electrons. The molecule has 2 rings (SSSR count). The standard InChI is InChI=1S/C15H28N4O/c1-11-5-4-8-19(10-11)14(20)6-7-17-15(16-3)18-13-9-12(13)2/h11-13H,4-10H2,1-3H3,(H2,16,17,18). The normalized spacial score (nSPS) is 30.1. The molecule has 1 amide bonds. The largest absolute Gasteiger partial charge is 0.356 e. The number of amides is 1. The molecule has 1 saturated heterocycles. The second-order valence-electron chi connectivity index (χ2n) is 6.30. The topological polar surface area (TPSA) is 56.7 Å². The molecular weight excluding hydrogens is 252 g/mol. The Morgan fingerprint density at radius 3 is 2.75 bits per heavy atom. The molecule has 0 spiro atoms. The predicted octanol–water partition coefficient (Wildman–Crippen LogP) is 1.21. The van der Waals surface area contributed by atoms with Crippen molar-refractivity contribution in [2.45, 2.75) is 45.6 Å². The lowest BCUT2D eigenvalue weighted by Crippen LogP contribution is -2.43. The van der Waals surface area contributed by atoms with Gasteiger partial charge in [0.05, 0.1) is 0 Å². The van der Waals surface area contributed by atoms with Gasteiger partial charge in [0.15, 0.2) is 5.96 Å². The van der Waals surface area contributed by atoms with Gasteiger partial charge in [-0.25, -0.2) is 0 Å². The van der Waals surface area contributed by atoms with E-state index in [2.05, 4.69) is 29.5 Å². The number of hydrogen-bond acceptors (Lipinski definition) is 2. The van der Waals surface area contributed by atoms with Crippen LogP contribution in [0.5, 0.6) is 0 Å². The number of nitrogens with zero attached hydrogens (tertiary/aromatic N) is 2. The molecule has 2 fully saturated rings. The van der Waals surface area contributed by atoms with Crippen LogP contribution >= 0.6 is 0 Å². The Hall–Kier alpha value is -1.26. The van der Waals surface area contributed by atoms with E-state index in [4.69, 9.17) is 0 Å². The maximum Gasteiger partial charge on any atom is 0.224 e. The summed E-state index contributed by atoms with van der Waals surface area (Å²) in [6, 6.07) is 0.555. The Labute approximate surface area is 122 Å². The molecule has 1 aliphatic heterocycles. The van der Waals surface area contributed by atoms with Crippen molar-refractivity contribution in [3.63, 3.8) is 0 Å². The van der Waals surface area contributed by atoms with Gasteiger partial charge in [-0.2, -0.15) is 0 Å². The first-order valence-electron chi connectivity index (χ1n) is 7.85. The summed E-state index contributed by atoms with van der Waals surface area (Å²) in [7, 11) is 1.77. The number of nitrogens with one attached hydrogen (secondary N) is 2. The van der Waals surface area contributed by atoms with E-state index in [9.17, 15) is 4.79 Å². The highest BCUT2D eigenvalue weighted by Crippen LogP contribution is 2.28. The van der Waals surface area contributed by atoms with Crippen molar-refractivity contribution >= 4 is 11.9 Å². The summed E-state index contributed by atoms with van der Waals surface area (Å²) < 4.78 is 0. The molecule has 20 heavy (non-hydrogen) atoms. The van der Waals surface area contributed by atoms with Crippen molar-refractivity contribution in [1.29, 1.82) is 0 Å². The van der Waals surface area contributed by atoms with E-state index in [0.717, 1.165) is 31.4 Å². The quantitative estimate of drug-likeness (QED) is 0.601. The van der Waals surface area contributed by atoms with Gasteiger partial charge in [0.25, 0.3) is 0 Å². The average molecular weight is 280 g/mol. The maximum atomic E-state index is 12.1. The molecule has 3 atom stereocenters. The number of guanidine groups is 1. The summed E-state index contributed by atoms with van der Waals surface area (Å²) in [5.41, 5.74) is 0. The number of aliphatic imine (C=N–C) groups is 1. The fourth-order valence-electron chi connectivity index (χ4n) is 2.76. The van der Waals surface area contributed by atoms with Crippen LogP contribution in [0.3, 0.4) is 0 Å². The fourth-order valence-corrected chi connectivity index (χ4v) is 2.76. The molecule has 5 heteroatoms. The SMILES string of the molecule is CN=C(NCCC(=O)N1CCCC(C)C1)NC1CC1C. The third-order valence-electron chi connectivity index (χ3n) is 4.30. The van der Waals surface area contributed by atoms with Gasteiger partial charge >= 0.3 is 0 Å². The summed E-state index contributed by atoms with van der Waals surface area (Å²) in [6.45, 7) is 6.96. The number of piperidine rings is 1. The highest BCUT2D eigenvalue weighted by Gasteiger charge is 2.33. The number of carbonyl (C=O) groups is 1. The van der Waals surface area contributed by atoms with Crippen molar-refractivity contribution in [2.75, 3.05) is 26.7 Å². The molecule has 1 aliphatic carbocycles. The lowest BCUT2D eigenvalue weighted by molar-refractivity contribution is -0.132. The van der Waals surface area contributed by atoms with E-state index < -0.39 is 0 Å². The van der Waals surface area contributed by atoms with E-state index in [1.165, 1.54) is 12.8 Å². The average Bonchev–Trinajstić information content (AvgIpc) is 3.12. The van der Waals surface area contributed by atoms with E-state index in [0.29, 0.717) is 24.9 Å². The Bertz CT molecular complexity index is 369.